The van der Waals surface area contributed by atoms with E-state index in [0.29, 0.717) is 32.0 Å². The van der Waals surface area contributed by atoms with Gasteiger partial charge in [0, 0.05) is 26.7 Å². The second-order valence-corrected chi connectivity index (χ2v) is 8.98. The number of hydrogen-bond acceptors (Lipinski definition) is 4. The van der Waals surface area contributed by atoms with E-state index in [0.717, 1.165) is 5.56 Å². The van der Waals surface area contributed by atoms with Crippen LogP contribution in [0.5, 0.6) is 5.75 Å². The lowest BCUT2D eigenvalue weighted by Gasteiger charge is -2.21. The summed E-state index contributed by atoms with van der Waals surface area (Å²) >= 11 is 6.22. The molecule has 6 nitrogen and oxygen atoms in total. The third-order valence-corrected chi connectivity index (χ3v) is 6.94. The van der Waals surface area contributed by atoms with Crippen LogP contribution in [0.2, 0.25) is 5.02 Å². The Hall–Kier alpha value is -2.35. The van der Waals surface area contributed by atoms with E-state index in [4.69, 9.17) is 16.3 Å². The molecule has 0 unspecified atom stereocenters. The van der Waals surface area contributed by atoms with Crippen LogP contribution in [0.4, 0.5) is 0 Å². The van der Waals surface area contributed by atoms with E-state index < -0.39 is 10.0 Å². The molecule has 0 radical (unpaired) electrons. The van der Waals surface area contributed by atoms with Crippen LogP contribution in [-0.4, -0.2) is 50.3 Å². The van der Waals surface area contributed by atoms with Gasteiger partial charge in [0.1, 0.15) is 12.4 Å². The van der Waals surface area contributed by atoms with Crippen LogP contribution in [0, 0.1) is 0 Å². The fourth-order valence-corrected chi connectivity index (χ4v) is 4.62. The zero-order valence-electron chi connectivity index (χ0n) is 17.5. The third-order valence-electron chi connectivity index (χ3n) is 4.57. The Balaban J connectivity index is 2.22. The number of amides is 1. The van der Waals surface area contributed by atoms with Gasteiger partial charge in [-0.05, 0) is 35.9 Å². The van der Waals surface area contributed by atoms with Gasteiger partial charge in [0.15, 0.2) is 0 Å². The highest BCUT2D eigenvalue weighted by Gasteiger charge is 2.24. The van der Waals surface area contributed by atoms with E-state index in [1.807, 2.05) is 24.3 Å². The highest BCUT2D eigenvalue weighted by Crippen LogP contribution is 2.24. The zero-order valence-corrected chi connectivity index (χ0v) is 19.0. The number of hydrogen-bond donors (Lipinski definition) is 0. The van der Waals surface area contributed by atoms with Crippen LogP contribution in [0.15, 0.2) is 60.0 Å². The summed E-state index contributed by atoms with van der Waals surface area (Å²) < 4.78 is 32.4. The van der Waals surface area contributed by atoms with Crippen molar-refractivity contribution in [3.05, 3.63) is 71.3 Å². The Bertz CT molecular complexity index is 987. The SMILES string of the molecule is C=CCOc1ccc(CN(C)C(=O)c2cc(S(=O)(=O)N(CC)CC)ccc2Cl)cc1. The first kappa shape index (κ1) is 23.9. The lowest BCUT2D eigenvalue weighted by molar-refractivity contribution is 0.0785. The quantitative estimate of drug-likeness (QED) is 0.508. The number of carbonyl (C=O) groups is 1. The average molecular weight is 451 g/mol. The number of halogens is 1. The average Bonchev–Trinajstić information content (AvgIpc) is 2.73. The molecule has 2 rings (SSSR count). The fourth-order valence-electron chi connectivity index (χ4n) is 2.94. The van der Waals surface area contributed by atoms with E-state index in [-0.39, 0.29) is 21.4 Å². The maximum Gasteiger partial charge on any atom is 0.255 e. The highest BCUT2D eigenvalue weighted by atomic mass is 35.5. The minimum absolute atomic E-state index is 0.0519. The molecule has 0 aliphatic rings. The largest absolute Gasteiger partial charge is 0.490 e. The highest BCUT2D eigenvalue weighted by molar-refractivity contribution is 7.89. The monoisotopic (exact) mass is 450 g/mol. The maximum absolute atomic E-state index is 13.0. The summed E-state index contributed by atoms with van der Waals surface area (Å²) in [4.78, 5) is 14.5. The first-order chi connectivity index (χ1) is 14.2. The van der Waals surface area contributed by atoms with Crippen molar-refractivity contribution in [2.24, 2.45) is 0 Å². The van der Waals surface area contributed by atoms with Crippen LogP contribution in [0.3, 0.4) is 0 Å². The zero-order chi connectivity index (χ0) is 22.3. The Morgan fingerprint density at radius 3 is 2.33 bits per heavy atom. The van der Waals surface area contributed by atoms with Gasteiger partial charge < -0.3 is 9.64 Å². The molecule has 0 aliphatic carbocycles. The first-order valence-corrected chi connectivity index (χ1v) is 11.4. The molecule has 30 heavy (non-hydrogen) atoms. The topological polar surface area (TPSA) is 66.9 Å². The van der Waals surface area contributed by atoms with Gasteiger partial charge in [-0.25, -0.2) is 8.42 Å². The molecule has 2 aromatic rings. The fraction of sp³-hybridized carbons (Fsp3) is 0.318. The lowest BCUT2D eigenvalue weighted by Crippen LogP contribution is -2.31. The van der Waals surface area contributed by atoms with Crippen molar-refractivity contribution in [3.63, 3.8) is 0 Å². The molecular weight excluding hydrogens is 424 g/mol. The number of carbonyl (C=O) groups excluding carboxylic acids is 1. The minimum Gasteiger partial charge on any atom is -0.490 e. The summed E-state index contributed by atoms with van der Waals surface area (Å²) in [6, 6.07) is 11.6. The van der Waals surface area contributed by atoms with Crippen molar-refractivity contribution >= 4 is 27.5 Å². The van der Waals surface area contributed by atoms with E-state index in [9.17, 15) is 13.2 Å². The van der Waals surface area contributed by atoms with Gasteiger partial charge in [0.25, 0.3) is 5.91 Å². The molecule has 0 heterocycles. The molecule has 8 heteroatoms. The van der Waals surface area contributed by atoms with Crippen molar-refractivity contribution in [3.8, 4) is 5.75 Å². The summed E-state index contributed by atoms with van der Waals surface area (Å²) in [5, 5.41) is 0.207. The smallest absolute Gasteiger partial charge is 0.255 e. The third kappa shape index (κ3) is 5.62. The Morgan fingerprint density at radius 1 is 1.13 bits per heavy atom. The second-order valence-electron chi connectivity index (χ2n) is 6.64. The van der Waals surface area contributed by atoms with Crippen molar-refractivity contribution in [2.75, 3.05) is 26.7 Å². The first-order valence-electron chi connectivity index (χ1n) is 9.62. The summed E-state index contributed by atoms with van der Waals surface area (Å²) in [6.07, 6.45) is 1.67. The second kappa shape index (κ2) is 10.6. The van der Waals surface area contributed by atoms with Crippen LogP contribution >= 0.6 is 11.6 Å². The molecule has 0 bridgehead atoms. The van der Waals surface area contributed by atoms with Crippen molar-refractivity contribution < 1.29 is 17.9 Å². The van der Waals surface area contributed by atoms with Crippen molar-refractivity contribution in [1.82, 2.24) is 9.21 Å². The van der Waals surface area contributed by atoms with E-state index in [1.165, 1.54) is 27.4 Å². The van der Waals surface area contributed by atoms with Gasteiger partial charge in [0.05, 0.1) is 15.5 Å². The molecular formula is C22H27ClN2O4S. The van der Waals surface area contributed by atoms with Crippen LogP contribution in [0.25, 0.3) is 0 Å². The molecule has 1 amide bonds. The van der Waals surface area contributed by atoms with Gasteiger partial charge in [-0.3, -0.25) is 4.79 Å². The predicted molar refractivity (Wildman–Crippen MR) is 119 cm³/mol. The van der Waals surface area contributed by atoms with Gasteiger partial charge in [-0.1, -0.05) is 50.2 Å². The number of nitrogens with zero attached hydrogens (tertiary/aromatic N) is 2. The summed E-state index contributed by atoms with van der Waals surface area (Å²) in [7, 11) is -2.04. The van der Waals surface area contributed by atoms with Gasteiger partial charge in [0.2, 0.25) is 10.0 Å². The van der Waals surface area contributed by atoms with Crippen molar-refractivity contribution in [1.29, 1.82) is 0 Å². The maximum atomic E-state index is 13.0. The molecule has 0 aromatic heterocycles. The molecule has 0 saturated heterocycles. The molecule has 0 aliphatic heterocycles. The molecule has 162 valence electrons. The minimum atomic E-state index is -3.69. The molecule has 0 saturated carbocycles. The molecule has 0 atom stereocenters. The predicted octanol–water partition coefficient (Wildman–Crippen LogP) is 4.21. The Kier molecular flexibility index (Phi) is 8.46. The molecule has 0 spiro atoms. The number of rotatable bonds is 10. The lowest BCUT2D eigenvalue weighted by atomic mass is 10.1. The van der Waals surface area contributed by atoms with Crippen molar-refractivity contribution in [2.45, 2.75) is 25.3 Å². The number of ether oxygens (including phenoxy) is 1. The Labute approximate surface area is 183 Å². The van der Waals surface area contributed by atoms with E-state index in [2.05, 4.69) is 6.58 Å². The van der Waals surface area contributed by atoms with Crippen LogP contribution < -0.4 is 4.74 Å². The standard InChI is InChI=1S/C22H27ClN2O4S/c1-5-14-29-18-10-8-17(9-11-18)16-24(4)22(26)20-15-19(12-13-21(20)23)30(27,28)25(6-2)7-3/h5,8-13,15H,1,6-7,14,16H2,2-4H3. The van der Waals surface area contributed by atoms with Gasteiger partial charge in [-0.15, -0.1) is 0 Å². The molecule has 0 N–H and O–H groups in total. The molecule has 2 aromatic carbocycles. The Morgan fingerprint density at radius 2 is 1.77 bits per heavy atom. The summed E-state index contributed by atoms with van der Waals surface area (Å²) in [5.74, 6) is 0.355. The van der Waals surface area contributed by atoms with Gasteiger partial charge in [-0.2, -0.15) is 4.31 Å². The van der Waals surface area contributed by atoms with E-state index in [1.54, 1.807) is 27.0 Å². The van der Waals surface area contributed by atoms with Crippen LogP contribution in [0.1, 0.15) is 29.8 Å². The van der Waals surface area contributed by atoms with Gasteiger partial charge >= 0.3 is 0 Å². The normalized spacial score (nSPS) is 11.4. The summed E-state index contributed by atoms with van der Waals surface area (Å²) in [6.45, 7) is 8.59. The molecule has 0 fully saturated rings. The van der Waals surface area contributed by atoms with E-state index >= 15 is 0 Å². The van der Waals surface area contributed by atoms with Crippen LogP contribution in [-0.2, 0) is 16.6 Å². The number of benzene rings is 2. The number of sulfonamides is 1. The summed E-state index contributed by atoms with van der Waals surface area (Å²) in [5.41, 5.74) is 1.05.